The molecule has 0 amide bonds. The fraction of sp³-hybridized carbons (Fsp3) is 0.571. The Morgan fingerprint density at radius 1 is 1.18 bits per heavy atom. The van der Waals surface area contributed by atoms with Crippen LogP contribution in [0, 0.1) is 22.9 Å². The number of sulfonamides is 1. The van der Waals surface area contributed by atoms with Gasteiger partial charge in [-0.2, -0.15) is 4.31 Å². The largest absolute Gasteiger partial charge is 0.396 e. The lowest BCUT2D eigenvalue weighted by Crippen LogP contribution is -2.44. The molecule has 0 unspecified atom stereocenters. The van der Waals surface area contributed by atoms with Crippen molar-refractivity contribution in [3.63, 3.8) is 0 Å². The Morgan fingerprint density at radius 3 is 2.27 bits per heavy atom. The van der Waals surface area contributed by atoms with Crippen molar-refractivity contribution in [2.24, 2.45) is 5.41 Å². The third kappa shape index (κ3) is 2.87. The van der Waals surface area contributed by atoms with Gasteiger partial charge in [0.2, 0.25) is 10.0 Å². The van der Waals surface area contributed by atoms with Crippen molar-refractivity contribution in [3.05, 3.63) is 29.6 Å². The van der Waals surface area contributed by atoms with Crippen molar-refractivity contribution in [1.82, 2.24) is 4.31 Å². The Kier molecular flexibility index (Phi) is 4.84. The number of nitrogens with zero attached hydrogens (tertiary/aromatic N) is 1. The van der Waals surface area contributed by atoms with E-state index in [-0.39, 0.29) is 25.1 Å². The van der Waals surface area contributed by atoms with Crippen molar-refractivity contribution >= 4 is 10.0 Å². The fourth-order valence-corrected chi connectivity index (χ4v) is 4.17. The molecule has 1 aromatic carbocycles. The molecule has 1 aliphatic heterocycles. The molecule has 0 spiro atoms. The molecule has 0 atom stereocenters. The average Bonchev–Trinajstić information content (AvgIpc) is 2.52. The SMILES string of the molecule is CCC1(CO)CCN(S(=O)(=O)c2ccc(F)c(F)c2F)CC1. The quantitative estimate of drug-likeness (QED) is 0.858. The van der Waals surface area contributed by atoms with Crippen LogP contribution in [0.5, 0.6) is 0 Å². The Hall–Kier alpha value is -1.12. The summed E-state index contributed by atoms with van der Waals surface area (Å²) in [5, 5.41) is 9.44. The van der Waals surface area contributed by atoms with Crippen LogP contribution in [-0.4, -0.2) is 37.5 Å². The summed E-state index contributed by atoms with van der Waals surface area (Å²) >= 11 is 0. The molecule has 0 aliphatic carbocycles. The van der Waals surface area contributed by atoms with E-state index in [1.807, 2.05) is 6.92 Å². The van der Waals surface area contributed by atoms with Crippen molar-refractivity contribution in [3.8, 4) is 0 Å². The van der Waals surface area contributed by atoms with E-state index in [2.05, 4.69) is 0 Å². The summed E-state index contributed by atoms with van der Waals surface area (Å²) in [6.45, 7) is 2.08. The van der Waals surface area contributed by atoms with Gasteiger partial charge in [0.25, 0.3) is 0 Å². The van der Waals surface area contributed by atoms with E-state index >= 15 is 0 Å². The van der Waals surface area contributed by atoms with Crippen molar-refractivity contribution in [1.29, 1.82) is 0 Å². The summed E-state index contributed by atoms with van der Waals surface area (Å²) in [4.78, 5) is -0.862. The van der Waals surface area contributed by atoms with E-state index in [1.165, 1.54) is 0 Å². The molecule has 0 radical (unpaired) electrons. The minimum Gasteiger partial charge on any atom is -0.396 e. The maximum absolute atomic E-state index is 13.7. The first-order valence-corrected chi connectivity index (χ1v) is 8.46. The highest BCUT2D eigenvalue weighted by molar-refractivity contribution is 7.89. The van der Waals surface area contributed by atoms with Gasteiger partial charge in [-0.25, -0.2) is 21.6 Å². The summed E-state index contributed by atoms with van der Waals surface area (Å²) in [5.41, 5.74) is -0.335. The molecule has 0 aromatic heterocycles. The van der Waals surface area contributed by atoms with Crippen LogP contribution in [0.4, 0.5) is 13.2 Å². The highest BCUT2D eigenvalue weighted by Gasteiger charge is 2.38. The monoisotopic (exact) mass is 337 g/mol. The lowest BCUT2D eigenvalue weighted by Gasteiger charge is -2.39. The molecule has 1 N–H and O–H groups in total. The Labute approximate surface area is 127 Å². The lowest BCUT2D eigenvalue weighted by atomic mass is 9.77. The summed E-state index contributed by atoms with van der Waals surface area (Å²) < 4.78 is 65.8. The van der Waals surface area contributed by atoms with Crippen LogP contribution < -0.4 is 0 Å². The normalized spacial score (nSPS) is 19.3. The number of hydrogen-bond acceptors (Lipinski definition) is 3. The van der Waals surface area contributed by atoms with Crippen molar-refractivity contribution in [2.75, 3.05) is 19.7 Å². The number of halogens is 3. The summed E-state index contributed by atoms with van der Waals surface area (Å²) in [6, 6.07) is 1.33. The van der Waals surface area contributed by atoms with Crippen LogP contribution in [0.15, 0.2) is 17.0 Å². The van der Waals surface area contributed by atoms with Crippen LogP contribution >= 0.6 is 0 Å². The molecular weight excluding hydrogens is 319 g/mol. The molecule has 1 fully saturated rings. The second-order valence-corrected chi connectivity index (χ2v) is 7.50. The molecule has 1 aliphatic rings. The van der Waals surface area contributed by atoms with Gasteiger partial charge in [0.15, 0.2) is 17.5 Å². The Morgan fingerprint density at radius 2 is 1.77 bits per heavy atom. The number of hydrogen-bond donors (Lipinski definition) is 1. The molecule has 22 heavy (non-hydrogen) atoms. The number of benzene rings is 1. The predicted octanol–water partition coefficient (Wildman–Crippen LogP) is 2.28. The first kappa shape index (κ1) is 17.2. The third-order valence-electron chi connectivity index (χ3n) is 4.49. The van der Waals surface area contributed by atoms with E-state index in [0.29, 0.717) is 25.3 Å². The minimum atomic E-state index is -4.23. The van der Waals surface area contributed by atoms with Crippen molar-refractivity contribution in [2.45, 2.75) is 31.1 Å². The molecule has 4 nitrogen and oxygen atoms in total. The van der Waals surface area contributed by atoms with E-state index in [0.717, 1.165) is 10.4 Å². The lowest BCUT2D eigenvalue weighted by molar-refractivity contribution is 0.0647. The number of aliphatic hydroxyl groups excluding tert-OH is 1. The van der Waals surface area contributed by atoms with Crippen LogP contribution in [-0.2, 0) is 10.0 Å². The van der Waals surface area contributed by atoms with E-state index < -0.39 is 32.4 Å². The zero-order valence-corrected chi connectivity index (χ0v) is 13.0. The molecule has 8 heteroatoms. The molecular formula is C14H18F3NO3S. The standard InChI is InChI=1S/C14H18F3NO3S/c1-2-14(9-19)5-7-18(8-6-14)22(20,21)11-4-3-10(15)12(16)13(11)17/h3-4,19H,2,5-9H2,1H3. The van der Waals surface area contributed by atoms with Crippen LogP contribution in [0.2, 0.25) is 0 Å². The van der Waals surface area contributed by atoms with E-state index in [9.17, 15) is 26.7 Å². The Balaban J connectivity index is 2.28. The van der Waals surface area contributed by atoms with Gasteiger partial charge in [-0.15, -0.1) is 0 Å². The minimum absolute atomic E-state index is 0.0447. The average molecular weight is 337 g/mol. The van der Waals surface area contributed by atoms with E-state index in [4.69, 9.17) is 0 Å². The second kappa shape index (κ2) is 6.17. The zero-order valence-electron chi connectivity index (χ0n) is 12.2. The van der Waals surface area contributed by atoms with E-state index in [1.54, 1.807) is 0 Å². The molecule has 1 saturated heterocycles. The molecule has 0 bridgehead atoms. The topological polar surface area (TPSA) is 57.6 Å². The highest BCUT2D eigenvalue weighted by atomic mass is 32.2. The first-order valence-electron chi connectivity index (χ1n) is 7.02. The Bertz CT molecular complexity index is 650. The van der Waals surface area contributed by atoms with Crippen LogP contribution in [0.3, 0.4) is 0 Å². The maximum Gasteiger partial charge on any atom is 0.246 e. The zero-order chi connectivity index (χ0) is 16.5. The van der Waals surface area contributed by atoms with Gasteiger partial charge in [0.05, 0.1) is 0 Å². The molecule has 0 saturated carbocycles. The molecule has 1 aromatic rings. The van der Waals surface area contributed by atoms with Crippen LogP contribution in [0.1, 0.15) is 26.2 Å². The number of piperidine rings is 1. The van der Waals surface area contributed by atoms with Crippen molar-refractivity contribution < 1.29 is 26.7 Å². The van der Waals surface area contributed by atoms with Gasteiger partial charge in [0.1, 0.15) is 4.90 Å². The molecule has 1 heterocycles. The van der Waals surface area contributed by atoms with Gasteiger partial charge in [-0.3, -0.25) is 0 Å². The van der Waals surface area contributed by atoms with Gasteiger partial charge in [-0.05, 0) is 36.8 Å². The summed E-state index contributed by atoms with van der Waals surface area (Å²) in [5.74, 6) is -4.92. The number of rotatable bonds is 4. The van der Waals surface area contributed by atoms with Crippen LogP contribution in [0.25, 0.3) is 0 Å². The molecule has 2 rings (SSSR count). The third-order valence-corrected chi connectivity index (χ3v) is 6.40. The highest BCUT2D eigenvalue weighted by Crippen LogP contribution is 2.36. The van der Waals surface area contributed by atoms with Gasteiger partial charge < -0.3 is 5.11 Å². The smallest absolute Gasteiger partial charge is 0.246 e. The van der Waals surface area contributed by atoms with Gasteiger partial charge >= 0.3 is 0 Å². The number of aliphatic hydroxyl groups is 1. The van der Waals surface area contributed by atoms with Gasteiger partial charge in [-0.1, -0.05) is 6.92 Å². The molecule has 124 valence electrons. The summed E-state index contributed by atoms with van der Waals surface area (Å²) in [7, 11) is -4.23. The maximum atomic E-state index is 13.7. The van der Waals surface area contributed by atoms with Gasteiger partial charge in [0, 0.05) is 19.7 Å². The first-order chi connectivity index (χ1) is 10.3. The summed E-state index contributed by atoms with van der Waals surface area (Å²) in [6.07, 6.45) is 1.58. The predicted molar refractivity (Wildman–Crippen MR) is 74.1 cm³/mol. The fourth-order valence-electron chi connectivity index (χ4n) is 2.67. The second-order valence-electron chi connectivity index (χ2n) is 5.59.